The summed E-state index contributed by atoms with van der Waals surface area (Å²) in [4.78, 5) is 13.3. The third-order valence-electron chi connectivity index (χ3n) is 2.15. The first-order valence-electron chi connectivity index (χ1n) is 4.18. The Labute approximate surface area is 78.2 Å². The highest BCUT2D eigenvalue weighted by molar-refractivity contribution is 6.29. The van der Waals surface area contributed by atoms with Crippen LogP contribution in [-0.4, -0.2) is 30.3 Å². The quantitative estimate of drug-likeness (QED) is 0.655. The number of halogens is 1. The molecule has 0 spiro atoms. The first-order chi connectivity index (χ1) is 5.59. The highest BCUT2D eigenvalue weighted by Gasteiger charge is 2.22. The molecule has 0 N–H and O–H groups in total. The number of carbonyl (C=O) groups is 1. The molecule has 0 bridgehead atoms. The number of ketones is 1. The topological polar surface area (TPSA) is 20.3 Å². The molecule has 1 atom stereocenters. The zero-order valence-electron chi connectivity index (χ0n) is 7.35. The molecule has 1 rings (SSSR count). The first-order valence-corrected chi connectivity index (χ1v) is 4.55. The molecule has 0 aromatic heterocycles. The van der Waals surface area contributed by atoms with Gasteiger partial charge in [0.25, 0.3) is 0 Å². The van der Waals surface area contributed by atoms with Gasteiger partial charge in [-0.05, 0) is 0 Å². The minimum atomic E-state index is 0.162. The van der Waals surface area contributed by atoms with Gasteiger partial charge in [0.05, 0.1) is 0 Å². The molecular weight excluding hydrogens is 174 g/mol. The molecule has 1 heterocycles. The molecule has 12 heavy (non-hydrogen) atoms. The van der Waals surface area contributed by atoms with Crippen molar-refractivity contribution in [3.8, 4) is 0 Å². The molecule has 0 saturated carbocycles. The first kappa shape index (κ1) is 9.75. The zero-order valence-corrected chi connectivity index (χ0v) is 8.10. The number of rotatable bonds is 2. The monoisotopic (exact) mass is 187 g/mol. The van der Waals surface area contributed by atoms with Gasteiger partial charge in [0.15, 0.2) is 0 Å². The lowest BCUT2D eigenvalue weighted by molar-refractivity contribution is -0.125. The van der Waals surface area contributed by atoms with E-state index >= 15 is 0 Å². The molecule has 0 aromatic carbocycles. The molecule has 0 aliphatic carbocycles. The molecule has 0 radical (unpaired) electrons. The Morgan fingerprint density at radius 2 is 2.50 bits per heavy atom. The number of likely N-dealkylation sites (tertiary alicyclic amines) is 1. The van der Waals surface area contributed by atoms with E-state index in [0.717, 1.165) is 13.1 Å². The van der Waals surface area contributed by atoms with Crippen LogP contribution in [0.1, 0.15) is 13.3 Å². The fourth-order valence-corrected chi connectivity index (χ4v) is 1.65. The van der Waals surface area contributed by atoms with Crippen molar-refractivity contribution in [3.05, 3.63) is 11.6 Å². The van der Waals surface area contributed by atoms with Gasteiger partial charge in [-0.25, -0.2) is 0 Å². The molecule has 1 aliphatic heterocycles. The number of hydrogen-bond donors (Lipinski definition) is 0. The Morgan fingerprint density at radius 3 is 3.00 bits per heavy atom. The summed E-state index contributed by atoms with van der Waals surface area (Å²) >= 11 is 5.67. The Morgan fingerprint density at radius 1 is 1.83 bits per heavy atom. The fourth-order valence-electron chi connectivity index (χ4n) is 1.48. The Kier molecular flexibility index (Phi) is 3.29. The summed E-state index contributed by atoms with van der Waals surface area (Å²) in [7, 11) is 0. The lowest BCUT2D eigenvalue weighted by atomic mass is 9.99. The van der Waals surface area contributed by atoms with E-state index in [9.17, 15) is 4.79 Å². The molecule has 3 heteroatoms. The molecule has 0 aromatic rings. The van der Waals surface area contributed by atoms with E-state index in [1.165, 1.54) is 0 Å². The van der Waals surface area contributed by atoms with Gasteiger partial charge in [-0.3, -0.25) is 9.69 Å². The SMILES string of the molecule is C=C(Cl)CN1CCC(=O)C(C)C1. The van der Waals surface area contributed by atoms with E-state index in [0.29, 0.717) is 23.8 Å². The van der Waals surface area contributed by atoms with Gasteiger partial charge in [0.1, 0.15) is 5.78 Å². The number of hydrogen-bond acceptors (Lipinski definition) is 2. The second-order valence-electron chi connectivity index (χ2n) is 3.37. The van der Waals surface area contributed by atoms with Crippen molar-refractivity contribution in [1.82, 2.24) is 4.90 Å². The van der Waals surface area contributed by atoms with Gasteiger partial charge in [-0.15, -0.1) is 0 Å². The second kappa shape index (κ2) is 4.06. The smallest absolute Gasteiger partial charge is 0.138 e. The average Bonchev–Trinajstić information content (AvgIpc) is 1.96. The normalized spacial score (nSPS) is 25.8. The van der Waals surface area contributed by atoms with Crippen LogP contribution in [0.15, 0.2) is 11.6 Å². The molecular formula is C9H14ClNO. The summed E-state index contributed by atoms with van der Waals surface area (Å²) in [5.41, 5.74) is 0. The summed E-state index contributed by atoms with van der Waals surface area (Å²) < 4.78 is 0. The fraction of sp³-hybridized carbons (Fsp3) is 0.667. The van der Waals surface area contributed by atoms with Crippen molar-refractivity contribution in [1.29, 1.82) is 0 Å². The van der Waals surface area contributed by atoms with Crippen molar-refractivity contribution in [2.24, 2.45) is 5.92 Å². The highest BCUT2D eigenvalue weighted by Crippen LogP contribution is 2.13. The average molecular weight is 188 g/mol. The van der Waals surface area contributed by atoms with Gasteiger partial charge < -0.3 is 0 Å². The van der Waals surface area contributed by atoms with Crippen LogP contribution in [0.5, 0.6) is 0 Å². The molecule has 0 amide bonds. The van der Waals surface area contributed by atoms with E-state index in [4.69, 9.17) is 11.6 Å². The van der Waals surface area contributed by atoms with Gasteiger partial charge in [-0.2, -0.15) is 0 Å². The van der Waals surface area contributed by atoms with Crippen molar-refractivity contribution < 1.29 is 4.79 Å². The van der Waals surface area contributed by atoms with Gasteiger partial charge in [0, 0.05) is 37.0 Å². The van der Waals surface area contributed by atoms with Crippen molar-refractivity contribution >= 4 is 17.4 Å². The van der Waals surface area contributed by atoms with Crippen molar-refractivity contribution in [3.63, 3.8) is 0 Å². The molecule has 1 unspecified atom stereocenters. The third-order valence-corrected chi connectivity index (χ3v) is 2.27. The summed E-state index contributed by atoms with van der Waals surface area (Å²) in [6.45, 7) is 7.96. The maximum atomic E-state index is 11.1. The van der Waals surface area contributed by atoms with E-state index in [1.807, 2.05) is 6.92 Å². The van der Waals surface area contributed by atoms with Crippen LogP contribution in [0.25, 0.3) is 0 Å². The number of Topliss-reactive ketones (excluding diaryl/α,β-unsaturated/α-hetero) is 1. The van der Waals surface area contributed by atoms with Crippen LogP contribution in [0.3, 0.4) is 0 Å². The zero-order chi connectivity index (χ0) is 9.14. The van der Waals surface area contributed by atoms with E-state index in [-0.39, 0.29) is 5.92 Å². The molecule has 68 valence electrons. The lowest BCUT2D eigenvalue weighted by Gasteiger charge is -2.29. The predicted octanol–water partition coefficient (Wildman–Crippen LogP) is 1.65. The van der Waals surface area contributed by atoms with Crippen LogP contribution >= 0.6 is 11.6 Å². The van der Waals surface area contributed by atoms with E-state index in [1.54, 1.807) is 0 Å². The minimum Gasteiger partial charge on any atom is -0.299 e. The molecule has 2 nitrogen and oxygen atoms in total. The van der Waals surface area contributed by atoms with E-state index in [2.05, 4.69) is 11.5 Å². The van der Waals surface area contributed by atoms with Gasteiger partial charge in [-0.1, -0.05) is 25.1 Å². The van der Waals surface area contributed by atoms with Gasteiger partial charge >= 0.3 is 0 Å². The Balaban J connectivity index is 2.40. The van der Waals surface area contributed by atoms with Crippen molar-refractivity contribution in [2.75, 3.05) is 19.6 Å². The maximum Gasteiger partial charge on any atom is 0.138 e. The number of nitrogens with zero attached hydrogens (tertiary/aromatic N) is 1. The number of carbonyl (C=O) groups excluding carboxylic acids is 1. The third kappa shape index (κ3) is 2.61. The Bertz CT molecular complexity index is 203. The van der Waals surface area contributed by atoms with Crippen molar-refractivity contribution in [2.45, 2.75) is 13.3 Å². The van der Waals surface area contributed by atoms with E-state index < -0.39 is 0 Å². The highest BCUT2D eigenvalue weighted by atomic mass is 35.5. The molecule has 1 saturated heterocycles. The maximum absolute atomic E-state index is 11.1. The Hall–Kier alpha value is -0.340. The van der Waals surface area contributed by atoms with Crippen LogP contribution in [0.2, 0.25) is 0 Å². The molecule has 1 aliphatic rings. The summed E-state index contributed by atoms with van der Waals surface area (Å²) in [5.74, 6) is 0.529. The minimum absolute atomic E-state index is 0.162. The van der Waals surface area contributed by atoms with Crippen LogP contribution in [0, 0.1) is 5.92 Å². The molecule has 1 fully saturated rings. The largest absolute Gasteiger partial charge is 0.299 e. The number of piperidine rings is 1. The standard InChI is InChI=1S/C9H14ClNO/c1-7-5-11(6-8(2)10)4-3-9(7)12/h7H,2-6H2,1H3. The van der Waals surface area contributed by atoms with Crippen LogP contribution in [0.4, 0.5) is 0 Å². The summed E-state index contributed by atoms with van der Waals surface area (Å²) in [6, 6.07) is 0. The summed E-state index contributed by atoms with van der Waals surface area (Å²) in [5, 5.41) is 0.650. The van der Waals surface area contributed by atoms with Gasteiger partial charge in [0.2, 0.25) is 0 Å². The van der Waals surface area contributed by atoms with Crippen LogP contribution < -0.4 is 0 Å². The van der Waals surface area contributed by atoms with Crippen LogP contribution in [-0.2, 0) is 4.79 Å². The lowest BCUT2D eigenvalue weighted by Crippen LogP contribution is -2.39. The second-order valence-corrected chi connectivity index (χ2v) is 3.90. The summed E-state index contributed by atoms with van der Waals surface area (Å²) in [6.07, 6.45) is 0.658. The predicted molar refractivity (Wildman–Crippen MR) is 50.2 cm³/mol.